The molecule has 5 unspecified atom stereocenters. The van der Waals surface area contributed by atoms with Crippen LogP contribution in [-0.2, 0) is 32.7 Å². The van der Waals surface area contributed by atoms with Gasteiger partial charge in [0.15, 0.2) is 6.23 Å². The Labute approximate surface area is 179 Å². The van der Waals surface area contributed by atoms with Crippen LogP contribution in [0.4, 0.5) is 0 Å². The van der Waals surface area contributed by atoms with Crippen LogP contribution in [0.2, 0.25) is 0 Å². The molecule has 1 saturated heterocycles. The Morgan fingerprint density at radius 2 is 1.90 bits per heavy atom. The SMILES string of the molecule is COCCOC1C(OP(=O)(O)C(C)C)C2OC1N1C=C(C)C(=O)NC1=C2CP(=O)(O)O. The molecule has 0 aromatic rings. The van der Waals surface area contributed by atoms with Crippen LogP contribution < -0.4 is 5.32 Å². The van der Waals surface area contributed by atoms with E-state index in [0.29, 0.717) is 5.57 Å². The summed E-state index contributed by atoms with van der Waals surface area (Å²) >= 11 is 0. The molecular formula is C17H28N2O10P2. The number of amides is 1. The predicted octanol–water partition coefficient (Wildman–Crippen LogP) is 0.460. The molecule has 0 spiro atoms. The van der Waals surface area contributed by atoms with Gasteiger partial charge in [-0.1, -0.05) is 13.8 Å². The first-order valence-corrected chi connectivity index (χ1v) is 13.1. The normalized spacial score (nSPS) is 30.3. The smallest absolute Gasteiger partial charge is 0.331 e. The topological polar surface area (TPSA) is 164 Å². The fourth-order valence-electron chi connectivity index (χ4n) is 3.57. The summed E-state index contributed by atoms with van der Waals surface area (Å²) in [6, 6.07) is 0. The van der Waals surface area contributed by atoms with E-state index in [9.17, 15) is 28.6 Å². The van der Waals surface area contributed by atoms with Crippen LogP contribution in [0, 0.1) is 0 Å². The second-order valence-corrected chi connectivity index (χ2v) is 11.9. The van der Waals surface area contributed by atoms with Crippen molar-refractivity contribution in [2.24, 2.45) is 0 Å². The van der Waals surface area contributed by atoms with Crippen molar-refractivity contribution in [1.29, 1.82) is 0 Å². The third kappa shape index (κ3) is 5.13. The summed E-state index contributed by atoms with van der Waals surface area (Å²) in [5, 5.41) is 2.64. The van der Waals surface area contributed by atoms with Crippen molar-refractivity contribution < 1.29 is 47.3 Å². The summed E-state index contributed by atoms with van der Waals surface area (Å²) in [6.45, 7) is 4.98. The van der Waals surface area contributed by atoms with E-state index in [1.165, 1.54) is 32.1 Å². The first-order valence-electron chi connectivity index (χ1n) is 9.68. The zero-order valence-corrected chi connectivity index (χ0v) is 19.4. The number of hydrogen-bond donors (Lipinski definition) is 4. The molecule has 0 aliphatic carbocycles. The maximum Gasteiger partial charge on any atom is 0.331 e. The van der Waals surface area contributed by atoms with E-state index in [2.05, 4.69) is 5.32 Å². The van der Waals surface area contributed by atoms with Gasteiger partial charge in [-0.25, -0.2) is 0 Å². The summed E-state index contributed by atoms with van der Waals surface area (Å²) in [6.07, 6.45) is -3.25. The van der Waals surface area contributed by atoms with Crippen molar-refractivity contribution in [1.82, 2.24) is 10.2 Å². The molecule has 3 rings (SSSR count). The molecule has 3 aliphatic heterocycles. The van der Waals surface area contributed by atoms with Gasteiger partial charge in [-0.3, -0.25) is 18.4 Å². The molecule has 0 aromatic carbocycles. The molecule has 1 fully saturated rings. The molecule has 2 bridgehead atoms. The maximum atomic E-state index is 12.7. The number of methoxy groups -OCH3 is 1. The average molecular weight is 482 g/mol. The van der Waals surface area contributed by atoms with Crippen LogP contribution in [0.1, 0.15) is 20.8 Å². The van der Waals surface area contributed by atoms with Crippen molar-refractivity contribution >= 4 is 21.1 Å². The average Bonchev–Trinajstić information content (AvgIpc) is 2.94. The second-order valence-electron chi connectivity index (χ2n) is 7.87. The number of fused-ring (bicyclic) bond motifs is 4. The number of nitrogens with zero attached hydrogens (tertiary/aromatic N) is 1. The number of hydrogen-bond acceptors (Lipinski definition) is 8. The summed E-state index contributed by atoms with van der Waals surface area (Å²) in [5.74, 6) is -0.274. The van der Waals surface area contributed by atoms with Crippen LogP contribution in [0.15, 0.2) is 23.2 Å². The number of carbonyl (C=O) groups is 1. The summed E-state index contributed by atoms with van der Waals surface area (Å²) in [4.78, 5) is 43.4. The second kappa shape index (κ2) is 9.05. The number of carbonyl (C=O) groups excluding carboxylic acids is 1. The van der Waals surface area contributed by atoms with Crippen LogP contribution >= 0.6 is 15.2 Å². The highest BCUT2D eigenvalue weighted by atomic mass is 31.2. The van der Waals surface area contributed by atoms with Crippen LogP contribution in [0.3, 0.4) is 0 Å². The van der Waals surface area contributed by atoms with Gasteiger partial charge in [0.25, 0.3) is 5.91 Å². The zero-order valence-electron chi connectivity index (χ0n) is 17.6. The van der Waals surface area contributed by atoms with E-state index in [1.54, 1.807) is 6.92 Å². The standard InChI is InChI=1S/C17H28N2O10P2/c1-9(2)31(24,25)29-13-12-11(8-30(21,22)23)15-18-16(20)10(3)7-19(15)17(28-12)14(13)27-6-5-26-4/h7,9,12-14,17H,5-6,8H2,1-4H3,(H,18,20)(H,24,25)(H2,21,22,23). The lowest BCUT2D eigenvalue weighted by Crippen LogP contribution is -2.50. The third-order valence-corrected chi connectivity index (χ3v) is 7.79. The minimum Gasteiger partial charge on any atom is -0.382 e. The molecule has 5 atom stereocenters. The van der Waals surface area contributed by atoms with Gasteiger partial charge in [-0.05, 0) is 6.92 Å². The lowest BCUT2D eigenvalue weighted by atomic mass is 10.0. The molecule has 0 aromatic heterocycles. The van der Waals surface area contributed by atoms with Gasteiger partial charge in [0.2, 0.25) is 0 Å². The lowest BCUT2D eigenvalue weighted by Gasteiger charge is -2.39. The van der Waals surface area contributed by atoms with E-state index in [0.717, 1.165) is 0 Å². The summed E-state index contributed by atoms with van der Waals surface area (Å²) in [7, 11) is -7.21. The highest BCUT2D eigenvalue weighted by Gasteiger charge is 2.57. The zero-order chi connectivity index (χ0) is 23.1. The minimum absolute atomic E-state index is 0.0632. The van der Waals surface area contributed by atoms with Crippen molar-refractivity contribution in [3.05, 3.63) is 23.2 Å². The van der Waals surface area contributed by atoms with Crippen LogP contribution in [0.5, 0.6) is 0 Å². The number of rotatable bonds is 9. The molecule has 3 aliphatic rings. The van der Waals surface area contributed by atoms with Gasteiger partial charge in [0.1, 0.15) is 24.1 Å². The molecule has 12 nitrogen and oxygen atoms in total. The highest BCUT2D eigenvalue weighted by molar-refractivity contribution is 7.53. The molecule has 176 valence electrons. The van der Waals surface area contributed by atoms with Crippen molar-refractivity contribution in [2.45, 2.75) is 51.0 Å². The van der Waals surface area contributed by atoms with Crippen molar-refractivity contribution in [2.75, 3.05) is 26.5 Å². The van der Waals surface area contributed by atoms with Crippen LogP contribution in [-0.4, -0.2) is 82.2 Å². The molecule has 14 heteroatoms. The molecule has 4 N–H and O–H groups in total. The van der Waals surface area contributed by atoms with E-state index in [4.69, 9.17) is 18.7 Å². The minimum atomic E-state index is -4.59. The molecule has 0 saturated carbocycles. The van der Waals surface area contributed by atoms with Crippen molar-refractivity contribution in [3.8, 4) is 0 Å². The van der Waals surface area contributed by atoms with Gasteiger partial charge < -0.3 is 39.1 Å². The van der Waals surface area contributed by atoms with E-state index < -0.39 is 57.5 Å². The van der Waals surface area contributed by atoms with E-state index in [1.807, 2.05) is 0 Å². The largest absolute Gasteiger partial charge is 0.382 e. The monoisotopic (exact) mass is 482 g/mol. The number of nitrogens with one attached hydrogen (secondary N) is 1. The number of ether oxygens (including phenoxy) is 3. The summed E-state index contributed by atoms with van der Waals surface area (Å²) in [5.41, 5.74) is -0.320. The Bertz CT molecular complexity index is 882. The van der Waals surface area contributed by atoms with Gasteiger partial charge in [-0.15, -0.1) is 0 Å². The highest BCUT2D eigenvalue weighted by Crippen LogP contribution is 2.54. The van der Waals surface area contributed by atoms with Gasteiger partial charge in [0.05, 0.1) is 25.0 Å². The Balaban J connectivity index is 2.07. The van der Waals surface area contributed by atoms with Gasteiger partial charge in [0, 0.05) is 24.5 Å². The molecule has 3 heterocycles. The Morgan fingerprint density at radius 1 is 1.23 bits per heavy atom. The van der Waals surface area contributed by atoms with Gasteiger partial charge in [-0.2, -0.15) is 0 Å². The Morgan fingerprint density at radius 3 is 2.48 bits per heavy atom. The van der Waals surface area contributed by atoms with Crippen LogP contribution in [0.25, 0.3) is 0 Å². The Hall–Kier alpha value is -1.07. The lowest BCUT2D eigenvalue weighted by molar-refractivity contribution is -0.122. The third-order valence-electron chi connectivity index (χ3n) is 5.19. The first-order chi connectivity index (χ1) is 14.4. The molecule has 0 radical (unpaired) electrons. The van der Waals surface area contributed by atoms with Crippen molar-refractivity contribution in [3.63, 3.8) is 0 Å². The quantitative estimate of drug-likeness (QED) is 0.267. The predicted molar refractivity (Wildman–Crippen MR) is 108 cm³/mol. The maximum absolute atomic E-state index is 12.7. The first kappa shape index (κ1) is 24.6. The Kier molecular flexibility index (Phi) is 7.17. The molecule has 31 heavy (non-hydrogen) atoms. The fourth-order valence-corrected chi connectivity index (χ4v) is 5.17. The molecule has 1 amide bonds. The summed E-state index contributed by atoms with van der Waals surface area (Å²) < 4.78 is 47.0. The van der Waals surface area contributed by atoms with E-state index >= 15 is 0 Å². The fraction of sp³-hybridized carbons (Fsp3) is 0.706. The molecular weight excluding hydrogens is 454 g/mol. The van der Waals surface area contributed by atoms with Gasteiger partial charge >= 0.3 is 15.2 Å². The van der Waals surface area contributed by atoms with E-state index in [-0.39, 0.29) is 24.6 Å².